The lowest BCUT2D eigenvalue weighted by molar-refractivity contribution is 0.112. The summed E-state index contributed by atoms with van der Waals surface area (Å²) in [6.45, 7) is 0. The van der Waals surface area contributed by atoms with Gasteiger partial charge in [-0.1, -0.05) is 11.3 Å². The average molecular weight is 186 g/mol. The number of anilines is 1. The number of thiazole rings is 1. The van der Waals surface area contributed by atoms with Crippen molar-refractivity contribution in [3.8, 4) is 5.88 Å². The Bertz CT molecular complexity index is 283. The Balaban J connectivity index is 3.05. The molecule has 0 radical (unpaired) electrons. The number of aldehydes is 1. The van der Waals surface area contributed by atoms with Crippen molar-refractivity contribution in [1.82, 2.24) is 4.98 Å². The molecule has 0 N–H and O–H groups in total. The third kappa shape index (κ3) is 1.55. The molecule has 5 heteroatoms. The van der Waals surface area contributed by atoms with Crippen molar-refractivity contribution in [2.24, 2.45) is 0 Å². The van der Waals surface area contributed by atoms with Gasteiger partial charge in [-0.25, -0.2) is 0 Å². The molecule has 0 fully saturated rings. The molecule has 12 heavy (non-hydrogen) atoms. The van der Waals surface area contributed by atoms with Crippen molar-refractivity contribution in [2.75, 3.05) is 26.1 Å². The fourth-order valence-electron chi connectivity index (χ4n) is 0.719. The Labute approximate surface area is 74.8 Å². The predicted octanol–water partition coefficient (Wildman–Crippen LogP) is 1.03. The molecular weight excluding hydrogens is 176 g/mol. The molecule has 0 aliphatic rings. The molecule has 0 saturated carbocycles. The summed E-state index contributed by atoms with van der Waals surface area (Å²) in [5.74, 6) is 0.402. The van der Waals surface area contributed by atoms with E-state index in [1.165, 1.54) is 18.4 Å². The van der Waals surface area contributed by atoms with E-state index in [0.717, 1.165) is 11.4 Å². The van der Waals surface area contributed by atoms with Crippen LogP contribution in [0.3, 0.4) is 0 Å². The lowest BCUT2D eigenvalue weighted by Crippen LogP contribution is -2.07. The van der Waals surface area contributed by atoms with E-state index in [1.807, 2.05) is 19.0 Å². The van der Waals surface area contributed by atoms with Crippen molar-refractivity contribution in [1.29, 1.82) is 0 Å². The molecule has 0 amide bonds. The zero-order valence-electron chi connectivity index (χ0n) is 7.20. The van der Waals surface area contributed by atoms with Crippen LogP contribution in [-0.4, -0.2) is 32.5 Å². The Kier molecular flexibility index (Phi) is 2.65. The minimum atomic E-state index is 0.402. The van der Waals surface area contributed by atoms with Crippen LogP contribution in [-0.2, 0) is 0 Å². The van der Waals surface area contributed by atoms with Crippen molar-refractivity contribution in [3.63, 3.8) is 0 Å². The van der Waals surface area contributed by atoms with E-state index in [9.17, 15) is 4.79 Å². The highest BCUT2D eigenvalue weighted by molar-refractivity contribution is 7.17. The topological polar surface area (TPSA) is 42.4 Å². The van der Waals surface area contributed by atoms with Gasteiger partial charge in [0.1, 0.15) is 4.88 Å². The summed E-state index contributed by atoms with van der Waals surface area (Å²) in [5.41, 5.74) is 0. The lowest BCUT2D eigenvalue weighted by atomic mass is 10.6. The van der Waals surface area contributed by atoms with Gasteiger partial charge < -0.3 is 9.64 Å². The van der Waals surface area contributed by atoms with Gasteiger partial charge >= 0.3 is 0 Å². The van der Waals surface area contributed by atoms with E-state index in [2.05, 4.69) is 4.98 Å². The second kappa shape index (κ2) is 3.53. The molecule has 0 bridgehead atoms. The summed E-state index contributed by atoms with van der Waals surface area (Å²) >= 11 is 1.31. The molecule has 1 aromatic rings. The second-order valence-corrected chi connectivity index (χ2v) is 3.39. The number of aromatic nitrogens is 1. The van der Waals surface area contributed by atoms with E-state index in [-0.39, 0.29) is 0 Å². The first-order valence-electron chi connectivity index (χ1n) is 3.36. The summed E-state index contributed by atoms with van der Waals surface area (Å²) in [7, 11) is 5.24. The summed E-state index contributed by atoms with van der Waals surface area (Å²) in [5, 5.41) is 0.772. The van der Waals surface area contributed by atoms with Crippen molar-refractivity contribution >= 4 is 22.8 Å². The van der Waals surface area contributed by atoms with E-state index >= 15 is 0 Å². The van der Waals surface area contributed by atoms with Gasteiger partial charge in [-0.3, -0.25) is 4.79 Å². The SMILES string of the molecule is COc1nc(N(C)C)sc1C=O. The number of methoxy groups -OCH3 is 1. The standard InChI is InChI=1S/C7H10N2O2S/c1-9(2)7-8-6(11-3)5(4-10)12-7/h4H,1-3H3. The highest BCUT2D eigenvalue weighted by atomic mass is 32.1. The number of rotatable bonds is 3. The Morgan fingerprint density at radius 3 is 2.58 bits per heavy atom. The van der Waals surface area contributed by atoms with E-state index in [4.69, 9.17) is 4.74 Å². The summed E-state index contributed by atoms with van der Waals surface area (Å²) in [6.07, 6.45) is 0.753. The molecule has 0 spiro atoms. The number of carbonyl (C=O) groups is 1. The summed E-state index contributed by atoms with van der Waals surface area (Å²) in [4.78, 5) is 16.9. The quantitative estimate of drug-likeness (QED) is 0.661. The van der Waals surface area contributed by atoms with Crippen LogP contribution >= 0.6 is 11.3 Å². The highest BCUT2D eigenvalue weighted by Crippen LogP contribution is 2.28. The molecule has 1 rings (SSSR count). The maximum Gasteiger partial charge on any atom is 0.237 e. The Morgan fingerprint density at radius 1 is 1.58 bits per heavy atom. The lowest BCUT2D eigenvalue weighted by Gasteiger charge is -2.04. The summed E-state index contributed by atoms with van der Waals surface area (Å²) in [6, 6.07) is 0. The maximum absolute atomic E-state index is 10.5. The minimum Gasteiger partial charge on any atom is -0.480 e. The van der Waals surface area contributed by atoms with E-state index < -0.39 is 0 Å². The molecule has 1 aromatic heterocycles. The molecule has 4 nitrogen and oxygen atoms in total. The smallest absolute Gasteiger partial charge is 0.237 e. The minimum absolute atomic E-state index is 0.402. The van der Waals surface area contributed by atoms with Gasteiger partial charge in [-0.15, -0.1) is 0 Å². The number of hydrogen-bond donors (Lipinski definition) is 0. The first kappa shape index (κ1) is 8.99. The van der Waals surface area contributed by atoms with Crippen LogP contribution in [0, 0.1) is 0 Å². The van der Waals surface area contributed by atoms with Crippen LogP contribution in [0.1, 0.15) is 9.67 Å². The largest absolute Gasteiger partial charge is 0.480 e. The number of ether oxygens (including phenoxy) is 1. The van der Waals surface area contributed by atoms with Crippen LogP contribution in [0.25, 0.3) is 0 Å². The van der Waals surface area contributed by atoms with Crippen LogP contribution in [0.15, 0.2) is 0 Å². The molecule has 0 saturated heterocycles. The van der Waals surface area contributed by atoms with Gasteiger partial charge in [0.05, 0.1) is 7.11 Å². The van der Waals surface area contributed by atoms with Gasteiger partial charge in [0, 0.05) is 14.1 Å². The Hall–Kier alpha value is -1.10. The normalized spacial score (nSPS) is 9.58. The second-order valence-electron chi connectivity index (χ2n) is 2.38. The van der Waals surface area contributed by atoms with Gasteiger partial charge in [0.2, 0.25) is 5.88 Å². The zero-order valence-corrected chi connectivity index (χ0v) is 8.01. The third-order valence-electron chi connectivity index (χ3n) is 1.29. The van der Waals surface area contributed by atoms with Crippen molar-refractivity contribution in [2.45, 2.75) is 0 Å². The summed E-state index contributed by atoms with van der Waals surface area (Å²) < 4.78 is 4.91. The van der Waals surface area contributed by atoms with E-state index in [1.54, 1.807) is 0 Å². The molecule has 0 unspecified atom stereocenters. The molecule has 0 aromatic carbocycles. The first-order valence-corrected chi connectivity index (χ1v) is 4.18. The Morgan fingerprint density at radius 2 is 2.25 bits per heavy atom. The van der Waals surface area contributed by atoms with Gasteiger partial charge in [-0.05, 0) is 0 Å². The van der Waals surface area contributed by atoms with Gasteiger partial charge in [0.15, 0.2) is 11.4 Å². The molecule has 0 aliphatic heterocycles. The molecule has 1 heterocycles. The predicted molar refractivity (Wildman–Crippen MR) is 48.4 cm³/mol. The number of nitrogens with zero attached hydrogens (tertiary/aromatic N) is 2. The van der Waals surface area contributed by atoms with Crippen molar-refractivity contribution < 1.29 is 9.53 Å². The number of carbonyl (C=O) groups excluding carboxylic acids is 1. The maximum atomic E-state index is 10.5. The monoisotopic (exact) mass is 186 g/mol. The van der Waals surface area contributed by atoms with Crippen LogP contribution in [0.2, 0.25) is 0 Å². The third-order valence-corrected chi connectivity index (χ3v) is 2.42. The molecule has 0 atom stereocenters. The zero-order chi connectivity index (χ0) is 9.14. The molecular formula is C7H10N2O2S. The fraction of sp³-hybridized carbons (Fsp3) is 0.429. The van der Waals surface area contributed by atoms with Gasteiger partial charge in [-0.2, -0.15) is 4.98 Å². The van der Waals surface area contributed by atoms with Crippen LogP contribution in [0.5, 0.6) is 5.88 Å². The average Bonchev–Trinajstić information content (AvgIpc) is 2.46. The first-order chi connectivity index (χ1) is 5.69. The molecule has 66 valence electrons. The highest BCUT2D eigenvalue weighted by Gasteiger charge is 2.11. The van der Waals surface area contributed by atoms with E-state index in [0.29, 0.717) is 10.8 Å². The van der Waals surface area contributed by atoms with Crippen LogP contribution < -0.4 is 9.64 Å². The fourth-order valence-corrected chi connectivity index (χ4v) is 1.49. The molecule has 0 aliphatic carbocycles. The van der Waals surface area contributed by atoms with Crippen LogP contribution in [0.4, 0.5) is 5.13 Å². The van der Waals surface area contributed by atoms with Gasteiger partial charge in [0.25, 0.3) is 0 Å². The number of hydrogen-bond acceptors (Lipinski definition) is 5. The van der Waals surface area contributed by atoms with Crippen molar-refractivity contribution in [3.05, 3.63) is 4.88 Å².